The Balaban J connectivity index is 1.96. The van der Waals surface area contributed by atoms with Crippen molar-refractivity contribution in [3.63, 3.8) is 0 Å². The molecule has 0 spiro atoms. The number of ether oxygens (including phenoxy) is 2. The lowest BCUT2D eigenvalue weighted by atomic mass is 10.1. The molecule has 0 bridgehead atoms. The van der Waals surface area contributed by atoms with Crippen molar-refractivity contribution < 1.29 is 45.3 Å². The minimum absolute atomic E-state index is 0.0353. The molecule has 0 atom stereocenters. The van der Waals surface area contributed by atoms with Crippen molar-refractivity contribution in [2.45, 2.75) is 12.5 Å². The predicted molar refractivity (Wildman–Crippen MR) is 103 cm³/mol. The van der Waals surface area contributed by atoms with Crippen LogP contribution in [-0.2, 0) is 6.18 Å². The number of rotatable bonds is 5. The highest BCUT2D eigenvalue weighted by molar-refractivity contribution is 6.32. The van der Waals surface area contributed by atoms with Gasteiger partial charge in [0.25, 0.3) is 5.91 Å². The minimum atomic E-state index is -4.94. The molecule has 1 aromatic heterocycles. The summed E-state index contributed by atoms with van der Waals surface area (Å²) >= 11 is 5.71. The Bertz CT molecular complexity index is 1170. The zero-order valence-electron chi connectivity index (χ0n) is 16.0. The molecule has 0 aliphatic heterocycles. The van der Waals surface area contributed by atoms with Gasteiger partial charge in [0.15, 0.2) is 6.20 Å². The minimum Gasteiger partial charge on any atom is -0.619 e. The molecule has 0 fully saturated rings. The first kappa shape index (κ1) is 24.0. The molecule has 2 aromatic carbocycles. The van der Waals surface area contributed by atoms with Gasteiger partial charge in [0.2, 0.25) is 6.20 Å². The van der Waals surface area contributed by atoms with Gasteiger partial charge >= 0.3 is 12.5 Å². The number of alkyl halides is 6. The van der Waals surface area contributed by atoms with Gasteiger partial charge in [0, 0.05) is 6.07 Å². The van der Waals surface area contributed by atoms with Crippen LogP contribution < -0.4 is 19.5 Å². The fourth-order valence-corrected chi connectivity index (χ4v) is 2.87. The third-order valence-electron chi connectivity index (χ3n) is 3.94. The van der Waals surface area contributed by atoms with Gasteiger partial charge in [-0.2, -0.15) is 17.9 Å². The van der Waals surface area contributed by atoms with Gasteiger partial charge in [-0.1, -0.05) is 11.6 Å². The van der Waals surface area contributed by atoms with E-state index in [4.69, 9.17) is 16.3 Å². The predicted octanol–water partition coefficient (Wildman–Crippen LogP) is 5.94. The summed E-state index contributed by atoms with van der Waals surface area (Å²) in [6.07, 6.45) is -7.68. The molecule has 1 amide bonds. The number of hydrogen-bond acceptors (Lipinski definition) is 4. The molecule has 0 saturated carbocycles. The summed E-state index contributed by atoms with van der Waals surface area (Å²) < 4.78 is 86.2. The third kappa shape index (κ3) is 6.42. The number of nitrogens with zero attached hydrogens (tertiary/aromatic N) is 1. The number of nitrogens with one attached hydrogen (secondary N) is 1. The monoisotopic (exact) mass is 492 g/mol. The summed E-state index contributed by atoms with van der Waals surface area (Å²) in [5.41, 5.74) is -1.69. The molecular weight excluding hydrogens is 482 g/mol. The Hall–Kier alpha value is -3.67. The van der Waals surface area contributed by atoms with E-state index in [0.29, 0.717) is 10.8 Å². The summed E-state index contributed by atoms with van der Waals surface area (Å²) in [6.45, 7) is 0. The average molecular weight is 493 g/mol. The lowest BCUT2D eigenvalue weighted by Crippen LogP contribution is -2.25. The van der Waals surface area contributed by atoms with E-state index in [0.717, 1.165) is 42.7 Å². The summed E-state index contributed by atoms with van der Waals surface area (Å²) in [5, 5.41) is 12.9. The third-order valence-corrected chi connectivity index (χ3v) is 4.25. The first-order chi connectivity index (χ1) is 15.3. The summed E-state index contributed by atoms with van der Waals surface area (Å²) in [5.74, 6) is -2.32. The molecule has 0 unspecified atom stereocenters. The van der Waals surface area contributed by atoms with Crippen molar-refractivity contribution >= 4 is 23.2 Å². The molecule has 174 valence electrons. The van der Waals surface area contributed by atoms with Gasteiger partial charge in [-0.3, -0.25) is 4.79 Å². The van der Waals surface area contributed by atoms with Gasteiger partial charge in [-0.25, -0.2) is 0 Å². The van der Waals surface area contributed by atoms with Crippen molar-refractivity contribution in [1.29, 1.82) is 0 Å². The van der Waals surface area contributed by atoms with Crippen molar-refractivity contribution in [3.05, 3.63) is 82.3 Å². The number of anilines is 1. The van der Waals surface area contributed by atoms with E-state index in [1.807, 2.05) is 0 Å². The summed E-state index contributed by atoms with van der Waals surface area (Å²) in [6, 6.07) is 7.65. The van der Waals surface area contributed by atoms with E-state index in [1.54, 1.807) is 0 Å². The van der Waals surface area contributed by atoms with Gasteiger partial charge in [0.05, 0.1) is 16.1 Å². The number of aromatic nitrogens is 1. The molecule has 13 heteroatoms. The second kappa shape index (κ2) is 9.06. The maximum Gasteiger partial charge on any atom is 0.573 e. The topological polar surface area (TPSA) is 74.5 Å². The number of amides is 1. The molecule has 33 heavy (non-hydrogen) atoms. The Labute approximate surface area is 186 Å². The molecule has 0 saturated heterocycles. The Morgan fingerprint density at radius 3 is 2.21 bits per heavy atom. The van der Waals surface area contributed by atoms with Crippen molar-refractivity contribution in [2.75, 3.05) is 5.32 Å². The highest BCUT2D eigenvalue weighted by Gasteiger charge is 2.35. The van der Waals surface area contributed by atoms with E-state index in [2.05, 4.69) is 10.1 Å². The van der Waals surface area contributed by atoms with Gasteiger partial charge < -0.3 is 20.0 Å². The first-order valence-corrected chi connectivity index (χ1v) is 9.14. The van der Waals surface area contributed by atoms with Crippen LogP contribution in [0.4, 0.5) is 32.0 Å². The number of carbonyl (C=O) groups excluding carboxylic acids is 1. The highest BCUT2D eigenvalue weighted by atomic mass is 35.5. The van der Waals surface area contributed by atoms with Crippen LogP contribution in [0.15, 0.2) is 60.9 Å². The van der Waals surface area contributed by atoms with Crippen molar-refractivity contribution in [3.8, 4) is 17.2 Å². The SMILES string of the molecule is O=C(Nc1ccc[n+]([O-])c1)c1cc(Cl)c(C(F)(F)F)cc1Oc1ccc(OC(F)(F)F)cc1. The molecule has 1 N–H and O–H groups in total. The normalized spacial score (nSPS) is 11.7. The Morgan fingerprint density at radius 2 is 1.64 bits per heavy atom. The van der Waals surface area contributed by atoms with Crippen LogP contribution in [0.3, 0.4) is 0 Å². The zero-order chi connectivity index (χ0) is 24.4. The highest BCUT2D eigenvalue weighted by Crippen LogP contribution is 2.40. The van der Waals surface area contributed by atoms with Crippen LogP contribution in [0, 0.1) is 5.21 Å². The fraction of sp³-hybridized carbons (Fsp3) is 0.100. The lowest BCUT2D eigenvalue weighted by Gasteiger charge is -2.16. The molecule has 1 heterocycles. The number of carbonyl (C=O) groups is 1. The van der Waals surface area contributed by atoms with Crippen LogP contribution in [0.25, 0.3) is 0 Å². The Morgan fingerprint density at radius 1 is 1.00 bits per heavy atom. The van der Waals surface area contributed by atoms with Crippen LogP contribution in [0.5, 0.6) is 17.2 Å². The van der Waals surface area contributed by atoms with E-state index in [1.165, 1.54) is 12.1 Å². The summed E-state index contributed by atoms with van der Waals surface area (Å²) in [4.78, 5) is 12.7. The second-order valence-electron chi connectivity index (χ2n) is 6.35. The van der Waals surface area contributed by atoms with E-state index in [9.17, 15) is 36.3 Å². The molecule has 3 rings (SSSR count). The summed E-state index contributed by atoms with van der Waals surface area (Å²) in [7, 11) is 0. The molecular formula is C20H11ClF6N2O4. The second-order valence-corrected chi connectivity index (χ2v) is 6.76. The fourth-order valence-electron chi connectivity index (χ4n) is 2.60. The molecule has 0 radical (unpaired) electrons. The number of benzene rings is 2. The maximum atomic E-state index is 13.3. The van der Waals surface area contributed by atoms with E-state index < -0.39 is 46.1 Å². The molecule has 6 nitrogen and oxygen atoms in total. The number of halogens is 7. The van der Waals surface area contributed by atoms with Crippen molar-refractivity contribution in [1.82, 2.24) is 0 Å². The van der Waals surface area contributed by atoms with Gasteiger partial charge in [-0.05, 0) is 42.5 Å². The Kier molecular flexibility index (Phi) is 6.58. The quantitative estimate of drug-likeness (QED) is 0.272. The standard InChI is InChI=1S/C20H11ClF6N2O4/c21-16-8-14(18(30)28-11-2-1-7-29(31)10-11)17(9-15(16)19(22,23)24)32-12-3-5-13(6-4-12)33-20(25,26)27/h1-10H,(H,28,30). The van der Waals surface area contributed by atoms with E-state index >= 15 is 0 Å². The van der Waals surface area contributed by atoms with E-state index in [-0.39, 0.29) is 11.4 Å². The molecule has 0 aliphatic rings. The maximum absolute atomic E-state index is 13.3. The van der Waals surface area contributed by atoms with Crippen LogP contribution in [0.2, 0.25) is 5.02 Å². The van der Waals surface area contributed by atoms with Crippen LogP contribution >= 0.6 is 11.6 Å². The smallest absolute Gasteiger partial charge is 0.573 e. The molecule has 3 aromatic rings. The van der Waals surface area contributed by atoms with Crippen LogP contribution in [0.1, 0.15) is 15.9 Å². The van der Waals surface area contributed by atoms with Crippen molar-refractivity contribution in [2.24, 2.45) is 0 Å². The largest absolute Gasteiger partial charge is 0.619 e. The number of hydrogen-bond donors (Lipinski definition) is 1. The first-order valence-electron chi connectivity index (χ1n) is 8.76. The zero-order valence-corrected chi connectivity index (χ0v) is 16.8. The lowest BCUT2D eigenvalue weighted by molar-refractivity contribution is -0.604. The number of pyridine rings is 1. The van der Waals surface area contributed by atoms with Gasteiger partial charge in [0.1, 0.15) is 22.9 Å². The van der Waals surface area contributed by atoms with Crippen LogP contribution in [-0.4, -0.2) is 12.3 Å². The van der Waals surface area contributed by atoms with Gasteiger partial charge in [-0.15, -0.1) is 13.2 Å². The molecule has 0 aliphatic carbocycles. The average Bonchev–Trinajstić information content (AvgIpc) is 2.68.